The van der Waals surface area contributed by atoms with Gasteiger partial charge in [-0.15, -0.1) is 0 Å². The molecule has 8 heteroatoms. The van der Waals surface area contributed by atoms with Crippen molar-refractivity contribution in [2.75, 3.05) is 0 Å². The van der Waals surface area contributed by atoms with Gasteiger partial charge < -0.3 is 4.57 Å². The van der Waals surface area contributed by atoms with Crippen molar-refractivity contribution in [3.63, 3.8) is 0 Å². The van der Waals surface area contributed by atoms with Gasteiger partial charge in [0.15, 0.2) is 0 Å². The number of para-hydroxylation sites is 2. The van der Waals surface area contributed by atoms with Gasteiger partial charge in [0.2, 0.25) is 5.91 Å². The highest BCUT2D eigenvalue weighted by molar-refractivity contribution is 6.31. The fourth-order valence-electron chi connectivity index (χ4n) is 3.54. The Bertz CT molecular complexity index is 1330. The first-order chi connectivity index (χ1) is 15.5. The normalized spacial score (nSPS) is 11.2. The van der Waals surface area contributed by atoms with Gasteiger partial charge in [-0.1, -0.05) is 66.2 Å². The van der Waals surface area contributed by atoms with Crippen LogP contribution in [0.15, 0.2) is 84.1 Å². The summed E-state index contributed by atoms with van der Waals surface area (Å²) in [5.74, 6) is -0.435. The van der Waals surface area contributed by atoms with Crippen LogP contribution in [0.2, 0.25) is 5.02 Å². The number of fused-ring (bicyclic) bond motifs is 1. The number of aromatic nitrogens is 1. The Balaban J connectivity index is 1.51. The smallest absolute Gasteiger partial charge is 0.273 e. The minimum atomic E-state index is -0.500. The van der Waals surface area contributed by atoms with Crippen LogP contribution < -0.4 is 5.43 Å². The van der Waals surface area contributed by atoms with Crippen molar-refractivity contribution in [3.05, 3.63) is 111 Å². The molecule has 4 rings (SSSR count). The maximum absolute atomic E-state index is 12.3. The number of hydrogen-bond acceptors (Lipinski definition) is 4. The molecule has 1 heterocycles. The third-order valence-electron chi connectivity index (χ3n) is 5.05. The molecule has 160 valence electrons. The summed E-state index contributed by atoms with van der Waals surface area (Å²) >= 11 is 6.32. The molecule has 0 atom stereocenters. The summed E-state index contributed by atoms with van der Waals surface area (Å²) in [6.07, 6.45) is 3.39. The van der Waals surface area contributed by atoms with Crippen LogP contribution in [0, 0.1) is 10.1 Å². The van der Waals surface area contributed by atoms with Gasteiger partial charge in [0.25, 0.3) is 5.69 Å². The summed E-state index contributed by atoms with van der Waals surface area (Å²) in [5, 5.41) is 16.9. The Kier molecular flexibility index (Phi) is 6.28. The van der Waals surface area contributed by atoms with E-state index in [9.17, 15) is 14.9 Å². The number of carbonyl (C=O) groups excluding carboxylic acids is 1. The van der Waals surface area contributed by atoms with E-state index in [2.05, 4.69) is 15.1 Å². The second-order valence-corrected chi connectivity index (χ2v) is 7.58. The van der Waals surface area contributed by atoms with E-state index in [1.54, 1.807) is 24.4 Å². The number of hydrogen-bond donors (Lipinski definition) is 1. The van der Waals surface area contributed by atoms with E-state index in [0.29, 0.717) is 17.1 Å². The number of halogens is 1. The highest BCUT2D eigenvalue weighted by Crippen LogP contribution is 2.23. The number of rotatable bonds is 7. The van der Waals surface area contributed by atoms with Crippen LogP contribution >= 0.6 is 11.6 Å². The molecule has 0 saturated carbocycles. The highest BCUT2D eigenvalue weighted by Gasteiger charge is 2.15. The van der Waals surface area contributed by atoms with E-state index in [1.807, 2.05) is 54.7 Å². The Morgan fingerprint density at radius 2 is 1.72 bits per heavy atom. The van der Waals surface area contributed by atoms with Crippen LogP contribution in [0.5, 0.6) is 0 Å². The lowest BCUT2D eigenvalue weighted by atomic mass is 10.1. The number of carbonyl (C=O) groups is 1. The monoisotopic (exact) mass is 446 g/mol. The Hall–Kier alpha value is -3.97. The molecular weight excluding hydrogens is 428 g/mol. The number of benzene rings is 3. The molecule has 0 saturated heterocycles. The SMILES string of the molecule is O=C(Cc1ccccc1[N+](=O)[O-])NN=Cc1cn(Cc2ccccc2Cl)c2ccccc12. The molecule has 0 radical (unpaired) electrons. The van der Waals surface area contributed by atoms with E-state index in [4.69, 9.17) is 11.6 Å². The molecule has 7 nitrogen and oxygen atoms in total. The largest absolute Gasteiger partial charge is 0.342 e. The third kappa shape index (κ3) is 4.68. The molecule has 0 fully saturated rings. The van der Waals surface area contributed by atoms with E-state index >= 15 is 0 Å². The Labute approximate surface area is 189 Å². The molecule has 0 spiro atoms. The number of hydrazone groups is 1. The predicted molar refractivity (Wildman–Crippen MR) is 125 cm³/mol. The summed E-state index contributed by atoms with van der Waals surface area (Å²) in [5.41, 5.74) is 5.54. The molecule has 4 aromatic rings. The lowest BCUT2D eigenvalue weighted by molar-refractivity contribution is -0.385. The van der Waals surface area contributed by atoms with Gasteiger partial charge in [-0.2, -0.15) is 5.10 Å². The molecule has 3 aromatic carbocycles. The van der Waals surface area contributed by atoms with Gasteiger partial charge in [0.05, 0.1) is 17.6 Å². The molecule has 1 N–H and O–H groups in total. The average Bonchev–Trinajstić information content (AvgIpc) is 3.13. The average molecular weight is 447 g/mol. The van der Waals surface area contributed by atoms with Crippen molar-refractivity contribution in [2.24, 2.45) is 5.10 Å². The first-order valence-electron chi connectivity index (χ1n) is 9.88. The van der Waals surface area contributed by atoms with Crippen LogP contribution in [0.4, 0.5) is 5.69 Å². The minimum absolute atomic E-state index is 0.0886. The second kappa shape index (κ2) is 9.45. The summed E-state index contributed by atoms with van der Waals surface area (Å²) in [6, 6.07) is 21.7. The molecular formula is C24H19ClN4O3. The number of nitro groups is 1. The lowest BCUT2D eigenvalue weighted by Crippen LogP contribution is -2.20. The summed E-state index contributed by atoms with van der Waals surface area (Å²) in [6.45, 7) is 0.595. The molecule has 1 aromatic heterocycles. The van der Waals surface area contributed by atoms with Gasteiger partial charge in [-0.25, -0.2) is 5.43 Å². The zero-order chi connectivity index (χ0) is 22.5. The zero-order valence-corrected chi connectivity index (χ0v) is 17.7. The van der Waals surface area contributed by atoms with E-state index in [0.717, 1.165) is 22.0 Å². The van der Waals surface area contributed by atoms with Gasteiger partial charge in [0.1, 0.15) is 0 Å². The highest BCUT2D eigenvalue weighted by atomic mass is 35.5. The summed E-state index contributed by atoms with van der Waals surface area (Å²) in [4.78, 5) is 22.9. The molecule has 0 aliphatic rings. The fraction of sp³-hybridized carbons (Fsp3) is 0.0833. The minimum Gasteiger partial charge on any atom is -0.342 e. The standard InChI is InChI=1S/C24H19ClN4O3/c25-21-10-4-1-8-18(21)15-28-16-19(20-9-3-6-12-23(20)28)14-26-27-24(30)13-17-7-2-5-11-22(17)29(31)32/h1-12,14,16H,13,15H2,(H,27,30). The molecule has 32 heavy (non-hydrogen) atoms. The van der Waals surface area contributed by atoms with Crippen LogP contribution in [0.1, 0.15) is 16.7 Å². The lowest BCUT2D eigenvalue weighted by Gasteiger charge is -2.07. The summed E-state index contributed by atoms with van der Waals surface area (Å²) < 4.78 is 2.08. The quantitative estimate of drug-likeness (QED) is 0.247. The van der Waals surface area contributed by atoms with Crippen LogP contribution in [0.3, 0.4) is 0 Å². The zero-order valence-electron chi connectivity index (χ0n) is 16.9. The van der Waals surface area contributed by atoms with Gasteiger partial charge >= 0.3 is 0 Å². The van der Waals surface area contributed by atoms with Crippen molar-refractivity contribution in [1.29, 1.82) is 0 Å². The first kappa shape index (κ1) is 21.3. The number of nitrogens with zero attached hydrogens (tertiary/aromatic N) is 3. The molecule has 1 amide bonds. The maximum atomic E-state index is 12.3. The summed E-state index contributed by atoms with van der Waals surface area (Å²) in [7, 11) is 0. The number of nitrogens with one attached hydrogen (secondary N) is 1. The Morgan fingerprint density at radius 3 is 2.50 bits per heavy atom. The van der Waals surface area contributed by atoms with E-state index in [-0.39, 0.29) is 12.1 Å². The fourth-order valence-corrected chi connectivity index (χ4v) is 3.74. The molecule has 0 unspecified atom stereocenters. The van der Waals surface area contributed by atoms with Gasteiger partial charge in [-0.05, 0) is 17.7 Å². The van der Waals surface area contributed by atoms with Crippen LogP contribution in [0.25, 0.3) is 10.9 Å². The predicted octanol–water partition coefficient (Wildman–Crippen LogP) is 4.94. The van der Waals surface area contributed by atoms with E-state index < -0.39 is 10.8 Å². The van der Waals surface area contributed by atoms with Crippen molar-refractivity contribution >= 4 is 40.3 Å². The third-order valence-corrected chi connectivity index (χ3v) is 5.42. The van der Waals surface area contributed by atoms with Crippen molar-refractivity contribution < 1.29 is 9.72 Å². The number of amides is 1. The van der Waals surface area contributed by atoms with Crippen molar-refractivity contribution in [1.82, 2.24) is 9.99 Å². The van der Waals surface area contributed by atoms with E-state index in [1.165, 1.54) is 6.07 Å². The van der Waals surface area contributed by atoms with Crippen molar-refractivity contribution in [2.45, 2.75) is 13.0 Å². The second-order valence-electron chi connectivity index (χ2n) is 7.18. The molecule has 0 aliphatic heterocycles. The van der Waals surface area contributed by atoms with Crippen LogP contribution in [-0.4, -0.2) is 21.6 Å². The number of nitro benzene ring substituents is 1. The van der Waals surface area contributed by atoms with Gasteiger partial charge in [-0.3, -0.25) is 14.9 Å². The topological polar surface area (TPSA) is 89.5 Å². The van der Waals surface area contributed by atoms with Gasteiger partial charge in [0, 0.05) is 45.9 Å². The first-order valence-corrected chi connectivity index (χ1v) is 10.3. The molecule has 0 aliphatic carbocycles. The van der Waals surface area contributed by atoms with Crippen molar-refractivity contribution in [3.8, 4) is 0 Å². The maximum Gasteiger partial charge on any atom is 0.273 e. The molecule has 0 bridgehead atoms. The van der Waals surface area contributed by atoms with Crippen LogP contribution in [-0.2, 0) is 17.8 Å². The Morgan fingerprint density at radius 1 is 1.03 bits per heavy atom.